The van der Waals surface area contributed by atoms with Crippen molar-refractivity contribution in [2.45, 2.75) is 34.6 Å². The van der Waals surface area contributed by atoms with Crippen LogP contribution in [0.15, 0.2) is 0 Å². The molecular formula is C8H16LiO2-. The van der Waals surface area contributed by atoms with Gasteiger partial charge in [-0.2, -0.15) is 20.8 Å². The molecule has 2 nitrogen and oxygen atoms in total. The van der Waals surface area contributed by atoms with Crippen LogP contribution in [0.1, 0.15) is 34.6 Å². The molecule has 0 unspecified atom stereocenters. The molecule has 0 aromatic carbocycles. The van der Waals surface area contributed by atoms with E-state index in [0.29, 0.717) is 0 Å². The van der Waals surface area contributed by atoms with E-state index in [9.17, 15) is 9.90 Å². The van der Waals surface area contributed by atoms with Crippen molar-refractivity contribution in [3.63, 3.8) is 0 Å². The number of rotatable bonds is 1. The van der Waals surface area contributed by atoms with Gasteiger partial charge in [-0.3, -0.25) is 0 Å². The van der Waals surface area contributed by atoms with Gasteiger partial charge in [-0.05, 0) is 5.92 Å². The molecule has 0 bridgehead atoms. The maximum atomic E-state index is 9.59. The van der Waals surface area contributed by atoms with E-state index in [-0.39, 0.29) is 24.8 Å². The first-order valence-electron chi connectivity index (χ1n) is 3.35. The molecule has 0 amide bonds. The van der Waals surface area contributed by atoms with Gasteiger partial charge in [-0.25, -0.2) is 0 Å². The van der Waals surface area contributed by atoms with Crippen molar-refractivity contribution in [2.24, 2.45) is 5.92 Å². The van der Waals surface area contributed by atoms with Gasteiger partial charge in [0.05, 0.1) is 0 Å². The van der Waals surface area contributed by atoms with E-state index >= 15 is 0 Å². The second kappa shape index (κ2) is 10.1. The second-order valence-corrected chi connectivity index (χ2v) is 2.97. The third-order valence-corrected chi connectivity index (χ3v) is 0.471. The number of hydrogen-bond acceptors (Lipinski definition) is 2. The van der Waals surface area contributed by atoms with Gasteiger partial charge in [0.25, 0.3) is 0 Å². The fraction of sp³-hybridized carbons (Fsp3) is 0.750. The smallest absolute Gasteiger partial charge is 0.550 e. The largest absolute Gasteiger partial charge is 1.00 e. The third kappa shape index (κ3) is 39.6. The summed E-state index contributed by atoms with van der Waals surface area (Å²) >= 11 is 0. The number of carbonyl (C=O) groups is 1. The Morgan fingerprint density at radius 1 is 1.27 bits per heavy atom. The van der Waals surface area contributed by atoms with Crippen molar-refractivity contribution in [3.05, 3.63) is 5.92 Å². The molecule has 0 spiro atoms. The Morgan fingerprint density at radius 3 is 1.36 bits per heavy atom. The van der Waals surface area contributed by atoms with Crippen LogP contribution in [0.25, 0.3) is 0 Å². The van der Waals surface area contributed by atoms with Gasteiger partial charge in [-0.15, -0.1) is 0 Å². The molecular weight excluding hydrogens is 135 g/mol. The van der Waals surface area contributed by atoms with Crippen molar-refractivity contribution in [1.29, 1.82) is 0 Å². The van der Waals surface area contributed by atoms with E-state index in [1.54, 1.807) is 13.8 Å². The topological polar surface area (TPSA) is 40.1 Å². The Morgan fingerprint density at radius 2 is 1.36 bits per heavy atom. The minimum atomic E-state index is -0.991. The fourth-order valence-corrected chi connectivity index (χ4v) is 0. The minimum absolute atomic E-state index is 0. The predicted molar refractivity (Wildman–Crippen MR) is 40.1 cm³/mol. The van der Waals surface area contributed by atoms with Crippen LogP contribution in [0.5, 0.6) is 0 Å². The van der Waals surface area contributed by atoms with Gasteiger partial charge in [0, 0.05) is 5.97 Å². The summed E-state index contributed by atoms with van der Waals surface area (Å²) < 4.78 is 0. The molecule has 0 atom stereocenters. The second-order valence-electron chi connectivity index (χ2n) is 2.97. The molecule has 0 saturated heterocycles. The van der Waals surface area contributed by atoms with Crippen LogP contribution in [-0.2, 0) is 4.79 Å². The van der Waals surface area contributed by atoms with Crippen LogP contribution in [0.3, 0.4) is 0 Å². The van der Waals surface area contributed by atoms with Gasteiger partial charge in [0.2, 0.25) is 0 Å². The van der Waals surface area contributed by atoms with E-state index in [0.717, 1.165) is 0 Å². The Hall–Kier alpha value is 0.0674. The molecule has 0 rings (SSSR count). The quantitative estimate of drug-likeness (QED) is 0.322. The molecule has 0 saturated carbocycles. The Labute approximate surface area is 81.6 Å². The molecule has 11 heavy (non-hydrogen) atoms. The van der Waals surface area contributed by atoms with E-state index < -0.39 is 5.97 Å². The number of carboxylic acid groups (broad SMARTS) is 1. The normalized spacial score (nSPS) is 8.27. The first kappa shape index (κ1) is 17.2. The number of carboxylic acids is 1. The van der Waals surface area contributed by atoms with Gasteiger partial charge in [-0.1, -0.05) is 13.8 Å². The molecule has 0 aromatic rings. The Bertz CT molecular complexity index is 87.3. The van der Waals surface area contributed by atoms with Gasteiger partial charge in [0.15, 0.2) is 0 Å². The van der Waals surface area contributed by atoms with Crippen LogP contribution >= 0.6 is 0 Å². The van der Waals surface area contributed by atoms with Gasteiger partial charge < -0.3 is 15.8 Å². The predicted octanol–water partition coefficient (Wildman–Crippen LogP) is -1.98. The summed E-state index contributed by atoms with van der Waals surface area (Å²) in [5.74, 6) is 0.0833. The first-order chi connectivity index (χ1) is 4.37. The zero-order chi connectivity index (χ0) is 8.73. The van der Waals surface area contributed by atoms with Crippen molar-refractivity contribution < 1.29 is 28.8 Å². The van der Waals surface area contributed by atoms with Crippen LogP contribution in [0.4, 0.5) is 0 Å². The number of aliphatic carboxylic acids is 1. The SMILES string of the molecule is CC(C)C(=O)[O-].C[C-](C)C.[Li+]. The zero-order valence-electron chi connectivity index (χ0n) is 8.39. The maximum Gasteiger partial charge on any atom is 1.00 e. The monoisotopic (exact) mass is 151 g/mol. The van der Waals surface area contributed by atoms with Crippen molar-refractivity contribution in [3.8, 4) is 0 Å². The molecule has 0 N–H and O–H groups in total. The van der Waals surface area contributed by atoms with Gasteiger partial charge >= 0.3 is 18.9 Å². The molecule has 0 aliphatic heterocycles. The van der Waals surface area contributed by atoms with E-state index in [4.69, 9.17) is 0 Å². The third-order valence-electron chi connectivity index (χ3n) is 0.471. The zero-order valence-corrected chi connectivity index (χ0v) is 8.39. The summed E-state index contributed by atoms with van der Waals surface area (Å²) in [5.41, 5.74) is 0. The molecule has 62 valence electrons. The molecule has 0 aliphatic carbocycles. The number of carbonyl (C=O) groups excluding carboxylic acids is 1. The molecule has 0 aromatic heterocycles. The summed E-state index contributed by atoms with van der Waals surface area (Å²) in [6.07, 6.45) is 0. The molecule has 3 heteroatoms. The minimum Gasteiger partial charge on any atom is -0.550 e. The fourth-order valence-electron chi connectivity index (χ4n) is 0. The van der Waals surface area contributed by atoms with Crippen LogP contribution in [0.2, 0.25) is 0 Å². The maximum absolute atomic E-state index is 9.59. The van der Waals surface area contributed by atoms with Gasteiger partial charge in [0.1, 0.15) is 0 Å². The van der Waals surface area contributed by atoms with E-state index in [1.165, 1.54) is 5.92 Å². The van der Waals surface area contributed by atoms with Crippen molar-refractivity contribution in [2.75, 3.05) is 0 Å². The van der Waals surface area contributed by atoms with E-state index in [2.05, 4.69) is 20.8 Å². The van der Waals surface area contributed by atoms with Crippen LogP contribution < -0.4 is 24.0 Å². The molecule has 0 fully saturated rings. The molecule has 0 heterocycles. The van der Waals surface area contributed by atoms with Crippen molar-refractivity contribution in [1.82, 2.24) is 0 Å². The Balaban J connectivity index is -0.000000114. The first-order valence-corrected chi connectivity index (χ1v) is 3.35. The van der Waals surface area contributed by atoms with Crippen LogP contribution in [0, 0.1) is 11.8 Å². The molecule has 0 aliphatic rings. The summed E-state index contributed by atoms with van der Waals surface area (Å²) in [6, 6.07) is 0. The standard InChI is InChI=1S/C4H8O2.C4H9.Li/c1-3(2)4(5)6;1-4(2)3;/h3H,1-2H3,(H,5,6);1-3H3;/q;-1;+1/p-1. The molecule has 0 radical (unpaired) electrons. The summed E-state index contributed by atoms with van der Waals surface area (Å²) in [5, 5.41) is 9.59. The van der Waals surface area contributed by atoms with E-state index in [1.807, 2.05) is 0 Å². The average Bonchev–Trinajstić information content (AvgIpc) is 1.63. The summed E-state index contributed by atoms with van der Waals surface area (Å²) in [6.45, 7) is 9.41. The van der Waals surface area contributed by atoms with Crippen LogP contribution in [-0.4, -0.2) is 5.97 Å². The average molecular weight is 151 g/mol. The van der Waals surface area contributed by atoms with Crippen molar-refractivity contribution >= 4 is 5.97 Å². The summed E-state index contributed by atoms with van der Waals surface area (Å²) in [7, 11) is 0. The number of hydrogen-bond donors (Lipinski definition) is 0. The Kier molecular flexibility index (Phi) is 15.8. The summed E-state index contributed by atoms with van der Waals surface area (Å²) in [4.78, 5) is 9.59.